The van der Waals surface area contributed by atoms with Crippen LogP contribution in [0.4, 0.5) is 0 Å². The summed E-state index contributed by atoms with van der Waals surface area (Å²) in [6.07, 6.45) is 3.23. The highest BCUT2D eigenvalue weighted by Gasteiger charge is 2.25. The summed E-state index contributed by atoms with van der Waals surface area (Å²) in [5.41, 5.74) is 9.94. The summed E-state index contributed by atoms with van der Waals surface area (Å²) in [6.45, 7) is 5.06. The fraction of sp³-hybridized carbons (Fsp3) is 0.692. The highest BCUT2D eigenvalue weighted by Crippen LogP contribution is 2.19. The first kappa shape index (κ1) is 17.0. The van der Waals surface area contributed by atoms with Crippen molar-refractivity contribution in [2.75, 3.05) is 19.7 Å². The van der Waals surface area contributed by atoms with Crippen molar-refractivity contribution in [1.82, 2.24) is 15.1 Å². The van der Waals surface area contributed by atoms with E-state index in [4.69, 9.17) is 10.3 Å². The standard InChI is InChI=1S/C13H22N6O2/c1-4-11-10(9-19(3)17-11)12(13(20)21-5-2)15-7-6-8-16-18-14/h9,12,15H,4-8H2,1-3H3. The molecule has 21 heavy (non-hydrogen) atoms. The van der Waals surface area contributed by atoms with Gasteiger partial charge < -0.3 is 10.1 Å². The van der Waals surface area contributed by atoms with Crippen LogP contribution in [0.3, 0.4) is 0 Å². The van der Waals surface area contributed by atoms with Gasteiger partial charge in [-0.15, -0.1) is 0 Å². The number of nitrogens with one attached hydrogen (secondary N) is 1. The maximum atomic E-state index is 12.1. The number of aryl methyl sites for hydroxylation is 2. The van der Waals surface area contributed by atoms with Gasteiger partial charge in [-0.3, -0.25) is 4.68 Å². The second-order valence-corrected chi connectivity index (χ2v) is 4.51. The van der Waals surface area contributed by atoms with Crippen molar-refractivity contribution < 1.29 is 9.53 Å². The summed E-state index contributed by atoms with van der Waals surface area (Å²) >= 11 is 0. The fourth-order valence-corrected chi connectivity index (χ4v) is 2.06. The molecule has 0 amide bonds. The Bertz CT molecular complexity index is 507. The summed E-state index contributed by atoms with van der Waals surface area (Å²) in [5.74, 6) is -0.316. The van der Waals surface area contributed by atoms with Crippen LogP contribution >= 0.6 is 0 Å². The smallest absolute Gasteiger partial charge is 0.327 e. The monoisotopic (exact) mass is 294 g/mol. The predicted octanol–water partition coefficient (Wildman–Crippen LogP) is 1.88. The zero-order valence-electron chi connectivity index (χ0n) is 12.7. The summed E-state index contributed by atoms with van der Waals surface area (Å²) in [6, 6.07) is -0.542. The van der Waals surface area contributed by atoms with E-state index in [0.717, 1.165) is 17.7 Å². The molecule has 0 radical (unpaired) electrons. The number of hydrogen-bond donors (Lipinski definition) is 1. The van der Waals surface area contributed by atoms with E-state index in [1.807, 2.05) is 20.2 Å². The lowest BCUT2D eigenvalue weighted by Crippen LogP contribution is -2.31. The van der Waals surface area contributed by atoms with Gasteiger partial charge in [0.15, 0.2) is 0 Å². The molecule has 0 aliphatic rings. The molecule has 0 fully saturated rings. The second-order valence-electron chi connectivity index (χ2n) is 4.51. The topological polar surface area (TPSA) is 105 Å². The van der Waals surface area contributed by atoms with E-state index in [1.54, 1.807) is 11.6 Å². The van der Waals surface area contributed by atoms with Crippen LogP contribution in [0.2, 0.25) is 0 Å². The van der Waals surface area contributed by atoms with E-state index in [2.05, 4.69) is 20.4 Å². The van der Waals surface area contributed by atoms with Gasteiger partial charge in [-0.05, 0) is 31.8 Å². The van der Waals surface area contributed by atoms with E-state index < -0.39 is 6.04 Å². The van der Waals surface area contributed by atoms with E-state index in [0.29, 0.717) is 26.1 Å². The number of nitrogens with zero attached hydrogens (tertiary/aromatic N) is 5. The first-order valence-corrected chi connectivity index (χ1v) is 7.07. The van der Waals surface area contributed by atoms with Crippen molar-refractivity contribution in [2.45, 2.75) is 32.7 Å². The third-order valence-corrected chi connectivity index (χ3v) is 2.95. The largest absolute Gasteiger partial charge is 0.465 e. The molecule has 1 aromatic rings. The lowest BCUT2D eigenvalue weighted by atomic mass is 10.1. The Hall–Kier alpha value is -2.05. The molecule has 1 unspecified atom stereocenters. The molecule has 1 rings (SSSR count). The molecule has 0 saturated carbocycles. The van der Waals surface area contributed by atoms with Crippen molar-refractivity contribution in [1.29, 1.82) is 0 Å². The molecule has 1 aromatic heterocycles. The zero-order valence-corrected chi connectivity index (χ0v) is 12.7. The first-order valence-electron chi connectivity index (χ1n) is 7.07. The van der Waals surface area contributed by atoms with Crippen molar-refractivity contribution in [3.63, 3.8) is 0 Å². The van der Waals surface area contributed by atoms with Gasteiger partial charge in [0.05, 0.1) is 12.3 Å². The van der Waals surface area contributed by atoms with E-state index >= 15 is 0 Å². The van der Waals surface area contributed by atoms with Gasteiger partial charge >= 0.3 is 5.97 Å². The number of esters is 1. The van der Waals surface area contributed by atoms with Gasteiger partial charge in [0.2, 0.25) is 0 Å². The number of carbonyl (C=O) groups is 1. The van der Waals surface area contributed by atoms with E-state index in [1.165, 1.54) is 0 Å². The van der Waals surface area contributed by atoms with Crippen LogP contribution in [0.1, 0.15) is 37.6 Å². The molecule has 8 heteroatoms. The number of azide groups is 1. The van der Waals surface area contributed by atoms with Crippen LogP contribution in [0, 0.1) is 0 Å². The minimum Gasteiger partial charge on any atom is -0.465 e. The van der Waals surface area contributed by atoms with E-state index in [-0.39, 0.29) is 5.97 Å². The normalized spacial score (nSPS) is 11.8. The predicted molar refractivity (Wildman–Crippen MR) is 78.6 cm³/mol. The van der Waals surface area contributed by atoms with Gasteiger partial charge in [0.1, 0.15) is 6.04 Å². The lowest BCUT2D eigenvalue weighted by Gasteiger charge is -2.17. The molecule has 0 saturated heterocycles. The van der Waals surface area contributed by atoms with Crippen LogP contribution in [-0.4, -0.2) is 35.4 Å². The van der Waals surface area contributed by atoms with Gasteiger partial charge in [-0.2, -0.15) is 5.10 Å². The van der Waals surface area contributed by atoms with Crippen molar-refractivity contribution in [3.8, 4) is 0 Å². The number of hydrogen-bond acceptors (Lipinski definition) is 5. The zero-order chi connectivity index (χ0) is 15.7. The SMILES string of the molecule is CCOC(=O)C(NCCCN=[N+]=[N-])c1cn(C)nc1CC. The number of ether oxygens (including phenoxy) is 1. The average Bonchev–Trinajstić information content (AvgIpc) is 2.83. The Morgan fingerprint density at radius 2 is 2.38 bits per heavy atom. The highest BCUT2D eigenvalue weighted by atomic mass is 16.5. The molecule has 8 nitrogen and oxygen atoms in total. The minimum atomic E-state index is -0.542. The number of aromatic nitrogens is 2. The molecular weight excluding hydrogens is 272 g/mol. The molecule has 0 aromatic carbocycles. The molecule has 1 atom stereocenters. The maximum Gasteiger partial charge on any atom is 0.327 e. The third-order valence-electron chi connectivity index (χ3n) is 2.95. The molecule has 116 valence electrons. The summed E-state index contributed by atoms with van der Waals surface area (Å²) < 4.78 is 6.82. The molecule has 0 aliphatic heterocycles. The third kappa shape index (κ3) is 5.09. The Morgan fingerprint density at radius 3 is 3.00 bits per heavy atom. The van der Waals surface area contributed by atoms with Gasteiger partial charge in [-0.1, -0.05) is 12.0 Å². The molecule has 0 aliphatic carbocycles. The Kier molecular flexibility index (Phi) is 7.28. The van der Waals surface area contributed by atoms with Crippen LogP contribution in [-0.2, 0) is 23.0 Å². The van der Waals surface area contributed by atoms with Crippen LogP contribution < -0.4 is 5.32 Å². The Morgan fingerprint density at radius 1 is 1.62 bits per heavy atom. The van der Waals surface area contributed by atoms with Gasteiger partial charge in [0, 0.05) is 30.3 Å². The Balaban J connectivity index is 2.80. The molecule has 0 bridgehead atoms. The summed E-state index contributed by atoms with van der Waals surface area (Å²) in [5, 5.41) is 11.0. The molecule has 1 N–H and O–H groups in total. The summed E-state index contributed by atoms with van der Waals surface area (Å²) in [7, 11) is 1.83. The maximum absolute atomic E-state index is 12.1. The molecule has 0 spiro atoms. The number of rotatable bonds is 9. The second kappa shape index (κ2) is 8.99. The molecular formula is C13H22N6O2. The average molecular weight is 294 g/mol. The van der Waals surface area contributed by atoms with Crippen molar-refractivity contribution in [2.24, 2.45) is 12.2 Å². The van der Waals surface area contributed by atoms with Crippen molar-refractivity contribution in [3.05, 3.63) is 27.9 Å². The molecule has 1 heterocycles. The van der Waals surface area contributed by atoms with Gasteiger partial charge in [-0.25, -0.2) is 4.79 Å². The lowest BCUT2D eigenvalue weighted by molar-refractivity contribution is -0.145. The van der Waals surface area contributed by atoms with Crippen LogP contribution in [0.25, 0.3) is 10.4 Å². The van der Waals surface area contributed by atoms with Crippen LogP contribution in [0.15, 0.2) is 11.3 Å². The Labute approximate surface area is 124 Å². The minimum absolute atomic E-state index is 0.316. The quantitative estimate of drug-likeness (QED) is 0.247. The van der Waals surface area contributed by atoms with E-state index in [9.17, 15) is 4.79 Å². The first-order chi connectivity index (χ1) is 10.1. The fourth-order valence-electron chi connectivity index (χ4n) is 2.06. The highest BCUT2D eigenvalue weighted by molar-refractivity contribution is 5.78. The van der Waals surface area contributed by atoms with Crippen LogP contribution in [0.5, 0.6) is 0 Å². The summed E-state index contributed by atoms with van der Waals surface area (Å²) in [4.78, 5) is 14.8. The number of carbonyl (C=O) groups excluding carboxylic acids is 1. The van der Waals surface area contributed by atoms with Crippen molar-refractivity contribution >= 4 is 5.97 Å². The van der Waals surface area contributed by atoms with Gasteiger partial charge in [0.25, 0.3) is 0 Å².